The summed E-state index contributed by atoms with van der Waals surface area (Å²) in [6, 6.07) is 0. The van der Waals surface area contributed by atoms with Crippen LogP contribution in [0.2, 0.25) is 0 Å². The number of methoxy groups -OCH3 is 1. The average molecular weight is 178 g/mol. The Labute approximate surface area is 75.9 Å². The zero-order valence-corrected chi connectivity index (χ0v) is 7.28. The molecule has 0 bridgehead atoms. The SMILES string of the molecule is C=Cc1cn[nH]c1/C=C/C(=O)OC. The van der Waals surface area contributed by atoms with Crippen molar-refractivity contribution in [1.29, 1.82) is 0 Å². The third-order valence-corrected chi connectivity index (χ3v) is 1.51. The van der Waals surface area contributed by atoms with Gasteiger partial charge in [0.1, 0.15) is 0 Å². The maximum Gasteiger partial charge on any atom is 0.330 e. The van der Waals surface area contributed by atoms with Gasteiger partial charge in [0.15, 0.2) is 0 Å². The van der Waals surface area contributed by atoms with Gasteiger partial charge in [-0.05, 0) is 6.08 Å². The van der Waals surface area contributed by atoms with E-state index in [0.717, 1.165) is 11.3 Å². The Hall–Kier alpha value is -1.84. The molecule has 1 heterocycles. The van der Waals surface area contributed by atoms with Crippen molar-refractivity contribution < 1.29 is 9.53 Å². The van der Waals surface area contributed by atoms with Crippen LogP contribution in [0.1, 0.15) is 11.3 Å². The number of nitrogens with one attached hydrogen (secondary N) is 1. The first-order valence-corrected chi connectivity index (χ1v) is 3.69. The number of esters is 1. The molecular weight excluding hydrogens is 168 g/mol. The first kappa shape index (κ1) is 9.25. The van der Waals surface area contributed by atoms with Crippen LogP contribution < -0.4 is 0 Å². The number of aromatic nitrogens is 2. The summed E-state index contributed by atoms with van der Waals surface area (Å²) >= 11 is 0. The van der Waals surface area contributed by atoms with E-state index in [-0.39, 0.29) is 0 Å². The van der Waals surface area contributed by atoms with E-state index in [1.54, 1.807) is 18.3 Å². The molecule has 0 fully saturated rings. The number of carbonyl (C=O) groups is 1. The first-order valence-electron chi connectivity index (χ1n) is 3.69. The topological polar surface area (TPSA) is 55.0 Å². The monoisotopic (exact) mass is 178 g/mol. The second-order valence-corrected chi connectivity index (χ2v) is 2.30. The number of hydrogen-bond acceptors (Lipinski definition) is 3. The molecule has 0 saturated carbocycles. The standard InChI is InChI=1S/C9H10N2O2/c1-3-7-6-10-11-8(7)4-5-9(12)13-2/h3-6H,1H2,2H3,(H,10,11)/b5-4+. The molecule has 0 aliphatic carbocycles. The first-order chi connectivity index (χ1) is 6.27. The molecular formula is C9H10N2O2. The Morgan fingerprint density at radius 1 is 1.77 bits per heavy atom. The third kappa shape index (κ3) is 2.30. The van der Waals surface area contributed by atoms with Crippen LogP contribution in [-0.4, -0.2) is 23.3 Å². The Morgan fingerprint density at radius 3 is 3.15 bits per heavy atom. The molecule has 1 aromatic rings. The van der Waals surface area contributed by atoms with Crippen molar-refractivity contribution >= 4 is 18.1 Å². The fraction of sp³-hybridized carbons (Fsp3) is 0.111. The molecule has 0 radical (unpaired) electrons. The van der Waals surface area contributed by atoms with Crippen LogP contribution in [0.3, 0.4) is 0 Å². The van der Waals surface area contributed by atoms with Crippen molar-refractivity contribution in [3.63, 3.8) is 0 Å². The zero-order valence-electron chi connectivity index (χ0n) is 7.28. The summed E-state index contributed by atoms with van der Waals surface area (Å²) in [6.07, 6.45) is 6.20. The van der Waals surface area contributed by atoms with Gasteiger partial charge in [-0.15, -0.1) is 0 Å². The zero-order chi connectivity index (χ0) is 9.68. The van der Waals surface area contributed by atoms with Crippen LogP contribution in [0.15, 0.2) is 18.9 Å². The van der Waals surface area contributed by atoms with Crippen LogP contribution in [0.4, 0.5) is 0 Å². The van der Waals surface area contributed by atoms with Crippen molar-refractivity contribution in [3.05, 3.63) is 30.1 Å². The maximum absolute atomic E-state index is 10.7. The molecule has 1 rings (SSSR count). The summed E-state index contributed by atoms with van der Waals surface area (Å²) in [6.45, 7) is 3.60. The minimum absolute atomic E-state index is 0.399. The lowest BCUT2D eigenvalue weighted by molar-refractivity contribution is -0.134. The Bertz CT molecular complexity index is 339. The fourth-order valence-corrected chi connectivity index (χ4v) is 0.821. The van der Waals surface area contributed by atoms with Crippen molar-refractivity contribution in [2.75, 3.05) is 7.11 Å². The molecule has 4 nitrogen and oxygen atoms in total. The predicted octanol–water partition coefficient (Wildman–Crippen LogP) is 1.24. The second-order valence-electron chi connectivity index (χ2n) is 2.30. The van der Waals surface area contributed by atoms with Gasteiger partial charge in [-0.2, -0.15) is 5.10 Å². The molecule has 68 valence electrons. The maximum atomic E-state index is 10.7. The number of rotatable bonds is 3. The molecule has 0 aliphatic rings. The van der Waals surface area contributed by atoms with E-state index in [9.17, 15) is 4.79 Å². The van der Waals surface area contributed by atoms with E-state index in [4.69, 9.17) is 0 Å². The lowest BCUT2D eigenvalue weighted by Gasteiger charge is -1.90. The highest BCUT2D eigenvalue weighted by atomic mass is 16.5. The molecule has 1 N–H and O–H groups in total. The normalized spacial score (nSPS) is 10.2. The molecule has 4 heteroatoms. The fourth-order valence-electron chi connectivity index (χ4n) is 0.821. The van der Waals surface area contributed by atoms with Gasteiger partial charge in [0.25, 0.3) is 0 Å². The van der Waals surface area contributed by atoms with Crippen LogP contribution in [0.25, 0.3) is 12.2 Å². The lowest BCUT2D eigenvalue weighted by Crippen LogP contribution is -1.93. The largest absolute Gasteiger partial charge is 0.466 e. The van der Waals surface area contributed by atoms with Gasteiger partial charge in [0, 0.05) is 11.6 Å². The summed E-state index contributed by atoms with van der Waals surface area (Å²) in [4.78, 5) is 10.7. The van der Waals surface area contributed by atoms with Crippen molar-refractivity contribution in [2.24, 2.45) is 0 Å². The molecule has 0 aliphatic heterocycles. The molecule has 0 amide bonds. The van der Waals surface area contributed by atoms with Gasteiger partial charge in [0.05, 0.1) is 19.0 Å². The quantitative estimate of drug-likeness (QED) is 0.559. The van der Waals surface area contributed by atoms with E-state index in [1.807, 2.05) is 0 Å². The molecule has 0 saturated heterocycles. The summed E-state index contributed by atoms with van der Waals surface area (Å²) in [5.74, 6) is -0.399. The van der Waals surface area contributed by atoms with Gasteiger partial charge in [-0.3, -0.25) is 5.10 Å². The lowest BCUT2D eigenvalue weighted by atomic mass is 10.2. The van der Waals surface area contributed by atoms with E-state index in [0.29, 0.717) is 0 Å². The minimum atomic E-state index is -0.399. The third-order valence-electron chi connectivity index (χ3n) is 1.51. The van der Waals surface area contributed by atoms with Gasteiger partial charge in [-0.25, -0.2) is 4.79 Å². The van der Waals surface area contributed by atoms with Crippen molar-refractivity contribution in [3.8, 4) is 0 Å². The van der Waals surface area contributed by atoms with Gasteiger partial charge >= 0.3 is 5.97 Å². The highest BCUT2D eigenvalue weighted by Crippen LogP contribution is 2.07. The summed E-state index contributed by atoms with van der Waals surface area (Å²) in [5, 5.41) is 6.52. The predicted molar refractivity (Wildman–Crippen MR) is 49.7 cm³/mol. The summed E-state index contributed by atoms with van der Waals surface area (Å²) in [5.41, 5.74) is 1.58. The van der Waals surface area contributed by atoms with Crippen LogP contribution in [0, 0.1) is 0 Å². The Balaban J connectivity index is 2.78. The van der Waals surface area contributed by atoms with Crippen molar-refractivity contribution in [1.82, 2.24) is 10.2 Å². The minimum Gasteiger partial charge on any atom is -0.466 e. The van der Waals surface area contributed by atoms with E-state index in [1.165, 1.54) is 13.2 Å². The summed E-state index contributed by atoms with van der Waals surface area (Å²) in [7, 11) is 1.33. The van der Waals surface area contributed by atoms with Gasteiger partial charge < -0.3 is 4.74 Å². The Morgan fingerprint density at radius 2 is 2.54 bits per heavy atom. The Kier molecular flexibility index (Phi) is 3.03. The van der Waals surface area contributed by atoms with E-state index < -0.39 is 5.97 Å². The van der Waals surface area contributed by atoms with Crippen LogP contribution in [0.5, 0.6) is 0 Å². The number of hydrogen-bond donors (Lipinski definition) is 1. The van der Waals surface area contributed by atoms with Crippen LogP contribution >= 0.6 is 0 Å². The molecule has 0 spiro atoms. The molecule has 0 atom stereocenters. The highest BCUT2D eigenvalue weighted by Gasteiger charge is 1.97. The van der Waals surface area contributed by atoms with E-state index >= 15 is 0 Å². The second kappa shape index (κ2) is 4.25. The number of H-pyrrole nitrogens is 1. The smallest absolute Gasteiger partial charge is 0.330 e. The van der Waals surface area contributed by atoms with E-state index in [2.05, 4.69) is 21.5 Å². The highest BCUT2D eigenvalue weighted by molar-refractivity contribution is 5.87. The summed E-state index contributed by atoms with van der Waals surface area (Å²) < 4.78 is 4.44. The number of aromatic amines is 1. The molecule has 13 heavy (non-hydrogen) atoms. The van der Waals surface area contributed by atoms with Crippen molar-refractivity contribution in [2.45, 2.75) is 0 Å². The molecule has 1 aromatic heterocycles. The number of carbonyl (C=O) groups excluding carboxylic acids is 1. The number of nitrogens with zero attached hydrogens (tertiary/aromatic N) is 1. The van der Waals surface area contributed by atoms with Gasteiger partial charge in [0.2, 0.25) is 0 Å². The van der Waals surface area contributed by atoms with Gasteiger partial charge in [-0.1, -0.05) is 12.7 Å². The van der Waals surface area contributed by atoms with Crippen LogP contribution in [-0.2, 0) is 9.53 Å². The average Bonchev–Trinajstić information content (AvgIpc) is 2.61. The molecule has 0 aromatic carbocycles. The molecule has 0 unspecified atom stereocenters. The number of ether oxygens (including phenoxy) is 1.